The normalized spacial score (nSPS) is 20.8. The van der Waals surface area contributed by atoms with Crippen LogP contribution in [0.2, 0.25) is 0 Å². The van der Waals surface area contributed by atoms with E-state index in [-0.39, 0.29) is 5.54 Å². The maximum atomic E-state index is 6.36. The molecule has 0 saturated heterocycles. The van der Waals surface area contributed by atoms with Gasteiger partial charge in [0.05, 0.1) is 17.9 Å². The molecule has 0 atom stereocenters. The van der Waals surface area contributed by atoms with E-state index in [9.17, 15) is 0 Å². The molecule has 0 unspecified atom stereocenters. The number of aryl methyl sites for hydroxylation is 1. The van der Waals surface area contributed by atoms with E-state index < -0.39 is 0 Å². The van der Waals surface area contributed by atoms with Gasteiger partial charge in [0.1, 0.15) is 6.61 Å². The van der Waals surface area contributed by atoms with Crippen LogP contribution in [0.1, 0.15) is 31.2 Å². The Morgan fingerprint density at radius 2 is 2.16 bits per heavy atom. The van der Waals surface area contributed by atoms with Crippen LogP contribution in [0, 0.1) is 6.92 Å². The Morgan fingerprint density at radius 1 is 1.37 bits per heavy atom. The third-order valence-corrected chi connectivity index (χ3v) is 4.39. The van der Waals surface area contributed by atoms with Crippen molar-refractivity contribution in [2.45, 2.75) is 38.1 Å². The van der Waals surface area contributed by atoms with Gasteiger partial charge in [0.25, 0.3) is 0 Å². The van der Waals surface area contributed by atoms with Gasteiger partial charge in [-0.2, -0.15) is 5.10 Å². The fraction of sp³-hybridized carbons (Fsp3) is 0.538. The van der Waals surface area contributed by atoms with Gasteiger partial charge in [-0.25, -0.2) is 15.3 Å². The third-order valence-electron chi connectivity index (χ3n) is 4.39. The van der Waals surface area contributed by atoms with Gasteiger partial charge in [-0.3, -0.25) is 5.01 Å². The molecule has 4 rings (SSSR count). The van der Waals surface area contributed by atoms with Gasteiger partial charge < -0.3 is 4.74 Å². The van der Waals surface area contributed by atoms with Crippen molar-refractivity contribution in [2.75, 3.05) is 11.6 Å². The van der Waals surface area contributed by atoms with E-state index in [1.807, 2.05) is 18.1 Å². The maximum Gasteiger partial charge on any atom is 0.190 e. The highest BCUT2D eigenvalue weighted by Crippen LogP contribution is 2.42. The molecular formula is C13H17N5O. The monoisotopic (exact) mass is 259 g/mol. The number of hydrogen-bond acceptors (Lipinski definition) is 5. The molecule has 1 spiro atoms. The number of anilines is 1. The van der Waals surface area contributed by atoms with E-state index in [2.05, 4.69) is 10.1 Å². The van der Waals surface area contributed by atoms with E-state index in [0.29, 0.717) is 6.61 Å². The number of ether oxygens (including phenoxy) is 1. The van der Waals surface area contributed by atoms with Crippen molar-refractivity contribution in [1.29, 1.82) is 0 Å². The molecule has 1 aliphatic heterocycles. The van der Waals surface area contributed by atoms with Crippen molar-refractivity contribution in [2.24, 2.45) is 5.84 Å². The molecule has 1 saturated carbocycles. The summed E-state index contributed by atoms with van der Waals surface area (Å²) in [5, 5.41) is 6.09. The van der Waals surface area contributed by atoms with Gasteiger partial charge in [0.2, 0.25) is 0 Å². The lowest BCUT2D eigenvalue weighted by Crippen LogP contribution is -2.58. The van der Waals surface area contributed by atoms with Crippen LogP contribution in [-0.2, 0) is 0 Å². The molecule has 19 heavy (non-hydrogen) atoms. The number of hydrazine groups is 1. The Balaban J connectivity index is 1.88. The summed E-state index contributed by atoms with van der Waals surface area (Å²) < 4.78 is 7.65. The maximum absolute atomic E-state index is 6.36. The zero-order valence-corrected chi connectivity index (χ0v) is 11.0. The first kappa shape index (κ1) is 11.0. The van der Waals surface area contributed by atoms with Crippen LogP contribution in [0.3, 0.4) is 0 Å². The summed E-state index contributed by atoms with van der Waals surface area (Å²) in [6.45, 7) is 2.64. The van der Waals surface area contributed by atoms with Gasteiger partial charge in [-0.1, -0.05) is 12.8 Å². The van der Waals surface area contributed by atoms with Crippen LogP contribution in [0.4, 0.5) is 5.82 Å². The first-order valence-corrected chi connectivity index (χ1v) is 6.72. The molecule has 3 heterocycles. The zero-order chi connectivity index (χ0) is 13.0. The lowest BCUT2D eigenvalue weighted by molar-refractivity contribution is 0.186. The summed E-state index contributed by atoms with van der Waals surface area (Å²) in [7, 11) is 0. The average molecular weight is 259 g/mol. The highest BCUT2D eigenvalue weighted by molar-refractivity contribution is 5.61. The number of hydrogen-bond donors (Lipinski definition) is 1. The van der Waals surface area contributed by atoms with Crippen LogP contribution < -0.4 is 15.6 Å². The molecule has 0 bridgehead atoms. The van der Waals surface area contributed by atoms with E-state index in [1.54, 1.807) is 10.7 Å². The molecule has 0 radical (unpaired) electrons. The van der Waals surface area contributed by atoms with Crippen molar-refractivity contribution in [1.82, 2.24) is 14.6 Å². The van der Waals surface area contributed by atoms with Gasteiger partial charge in [0.15, 0.2) is 17.2 Å². The molecule has 1 fully saturated rings. The summed E-state index contributed by atoms with van der Waals surface area (Å²) in [5.74, 6) is 7.82. The second-order valence-corrected chi connectivity index (χ2v) is 5.61. The predicted molar refractivity (Wildman–Crippen MR) is 71.1 cm³/mol. The van der Waals surface area contributed by atoms with E-state index >= 15 is 0 Å². The minimum Gasteiger partial charge on any atom is -0.486 e. The summed E-state index contributed by atoms with van der Waals surface area (Å²) in [4.78, 5) is 4.65. The number of fused-ring (bicyclic) bond motifs is 2. The molecule has 2 aromatic rings. The number of nitrogens with two attached hydrogens (primary N) is 1. The summed E-state index contributed by atoms with van der Waals surface area (Å²) >= 11 is 0. The second-order valence-electron chi connectivity index (χ2n) is 5.61. The Labute approximate surface area is 111 Å². The first-order chi connectivity index (χ1) is 9.20. The fourth-order valence-corrected chi connectivity index (χ4v) is 3.20. The van der Waals surface area contributed by atoms with E-state index in [1.165, 1.54) is 12.8 Å². The summed E-state index contributed by atoms with van der Waals surface area (Å²) in [6.07, 6.45) is 8.25. The number of aromatic nitrogens is 3. The standard InChI is InChI=1S/C13H17N5O/c1-9-6-15-17-7-10-12(16-11(9)17)18(14)13(8-19-10)4-2-3-5-13/h6-7H,2-5,8,14H2,1H3. The molecule has 2 N–H and O–H groups in total. The van der Waals surface area contributed by atoms with Crippen LogP contribution in [0.25, 0.3) is 5.65 Å². The molecule has 100 valence electrons. The molecule has 0 amide bonds. The smallest absolute Gasteiger partial charge is 0.190 e. The highest BCUT2D eigenvalue weighted by atomic mass is 16.5. The molecule has 2 aliphatic rings. The van der Waals surface area contributed by atoms with Gasteiger partial charge in [0, 0.05) is 5.56 Å². The van der Waals surface area contributed by atoms with Gasteiger partial charge in [-0.15, -0.1) is 0 Å². The lowest BCUT2D eigenvalue weighted by Gasteiger charge is -2.42. The van der Waals surface area contributed by atoms with Crippen LogP contribution >= 0.6 is 0 Å². The van der Waals surface area contributed by atoms with E-state index in [4.69, 9.17) is 10.6 Å². The lowest BCUT2D eigenvalue weighted by atomic mass is 9.96. The van der Waals surface area contributed by atoms with Gasteiger partial charge in [-0.05, 0) is 19.8 Å². The topological polar surface area (TPSA) is 68.7 Å². The van der Waals surface area contributed by atoms with Crippen LogP contribution in [0.5, 0.6) is 5.75 Å². The zero-order valence-electron chi connectivity index (χ0n) is 11.0. The number of rotatable bonds is 0. The average Bonchev–Trinajstić information content (AvgIpc) is 3.02. The minimum atomic E-state index is -0.0632. The largest absolute Gasteiger partial charge is 0.486 e. The van der Waals surface area contributed by atoms with Crippen molar-refractivity contribution >= 4 is 11.5 Å². The van der Waals surface area contributed by atoms with Crippen LogP contribution in [0.15, 0.2) is 12.4 Å². The molecule has 0 aromatic carbocycles. The van der Waals surface area contributed by atoms with Crippen LogP contribution in [-0.4, -0.2) is 26.7 Å². The highest BCUT2D eigenvalue weighted by Gasteiger charge is 2.44. The second kappa shape index (κ2) is 3.60. The quantitative estimate of drug-likeness (QED) is 0.725. The molecule has 1 aliphatic carbocycles. The SMILES string of the molecule is Cc1cnn2cc3c(nc12)N(N)C1(CCCC1)CO3. The van der Waals surface area contributed by atoms with Gasteiger partial charge >= 0.3 is 0 Å². The Kier molecular flexibility index (Phi) is 2.09. The third kappa shape index (κ3) is 1.40. The molecule has 2 aromatic heterocycles. The Morgan fingerprint density at radius 3 is 2.95 bits per heavy atom. The van der Waals surface area contributed by atoms with E-state index in [0.717, 1.165) is 35.6 Å². The van der Waals surface area contributed by atoms with Crippen molar-refractivity contribution < 1.29 is 4.74 Å². The Bertz CT molecular complexity index is 644. The Hall–Kier alpha value is -1.82. The predicted octanol–water partition coefficient (Wildman–Crippen LogP) is 1.42. The fourth-order valence-electron chi connectivity index (χ4n) is 3.20. The molecular weight excluding hydrogens is 242 g/mol. The number of nitrogens with zero attached hydrogens (tertiary/aromatic N) is 4. The molecule has 6 heteroatoms. The minimum absolute atomic E-state index is 0.0632. The van der Waals surface area contributed by atoms with Crippen molar-refractivity contribution in [3.05, 3.63) is 18.0 Å². The summed E-state index contributed by atoms with van der Waals surface area (Å²) in [5.41, 5.74) is 1.82. The first-order valence-electron chi connectivity index (χ1n) is 6.72. The molecule has 6 nitrogen and oxygen atoms in total. The summed E-state index contributed by atoms with van der Waals surface area (Å²) in [6, 6.07) is 0. The van der Waals surface area contributed by atoms with Crippen molar-refractivity contribution in [3.8, 4) is 5.75 Å². The van der Waals surface area contributed by atoms with Crippen molar-refractivity contribution in [3.63, 3.8) is 0 Å².